The molecule has 0 fully saturated rings. The second kappa shape index (κ2) is 6.64. The Morgan fingerprint density at radius 3 is 2.62 bits per heavy atom. The zero-order valence-corrected chi connectivity index (χ0v) is 12.5. The minimum atomic E-state index is -0.487. The lowest BCUT2D eigenvalue weighted by Gasteiger charge is -2.11. The zero-order chi connectivity index (χ0) is 15.4. The molecule has 0 bridgehead atoms. The maximum atomic E-state index is 13.0. The molecule has 0 aliphatic carbocycles. The Labute approximate surface area is 128 Å². The number of nitro groups is 1. The average molecular weight is 355 g/mol. The highest BCUT2D eigenvalue weighted by atomic mass is 79.9. The molecule has 2 aromatic carbocycles. The molecule has 0 atom stereocenters. The summed E-state index contributed by atoms with van der Waals surface area (Å²) in [5.74, 6) is 0.128. The molecule has 2 aromatic rings. The summed E-state index contributed by atoms with van der Waals surface area (Å²) >= 11 is 3.25. The Morgan fingerprint density at radius 2 is 2.00 bits per heavy atom. The maximum Gasteiger partial charge on any atom is 0.270 e. The van der Waals surface area contributed by atoms with E-state index in [1.165, 1.54) is 30.3 Å². The second-order valence-corrected chi connectivity index (χ2v) is 5.13. The predicted molar refractivity (Wildman–Crippen MR) is 79.4 cm³/mol. The Balaban J connectivity index is 2.17. The molecule has 0 amide bonds. The minimum Gasteiger partial charge on any atom is -0.489 e. The predicted octanol–water partition coefficient (Wildman–Crippen LogP) is 3.53. The molecule has 0 spiro atoms. The highest BCUT2D eigenvalue weighted by molar-refractivity contribution is 9.10. The molecule has 0 aliphatic rings. The van der Waals surface area contributed by atoms with Gasteiger partial charge in [-0.05, 0) is 18.2 Å². The van der Waals surface area contributed by atoms with Crippen LogP contribution in [0.5, 0.6) is 5.75 Å². The molecular formula is C14H12BrFN2O3. The molecule has 0 radical (unpaired) electrons. The van der Waals surface area contributed by atoms with Crippen LogP contribution in [0.2, 0.25) is 0 Å². The van der Waals surface area contributed by atoms with Crippen molar-refractivity contribution in [2.45, 2.75) is 13.2 Å². The third-order valence-corrected chi connectivity index (χ3v) is 3.61. The number of nitrogens with two attached hydrogens (primary N) is 1. The summed E-state index contributed by atoms with van der Waals surface area (Å²) < 4.78 is 19.2. The lowest BCUT2D eigenvalue weighted by Crippen LogP contribution is -2.04. The van der Waals surface area contributed by atoms with Crippen LogP contribution in [0.25, 0.3) is 0 Å². The number of hydrogen-bond donors (Lipinski definition) is 1. The monoisotopic (exact) mass is 354 g/mol. The Hall–Kier alpha value is -1.99. The van der Waals surface area contributed by atoms with E-state index in [1.807, 2.05) is 0 Å². The van der Waals surface area contributed by atoms with Crippen molar-refractivity contribution < 1.29 is 14.1 Å². The van der Waals surface area contributed by atoms with Crippen LogP contribution < -0.4 is 10.5 Å². The van der Waals surface area contributed by atoms with Crippen molar-refractivity contribution in [3.8, 4) is 5.75 Å². The summed E-state index contributed by atoms with van der Waals surface area (Å²) in [5, 5.41) is 10.7. The van der Waals surface area contributed by atoms with Gasteiger partial charge in [0.15, 0.2) is 0 Å². The smallest absolute Gasteiger partial charge is 0.270 e. The molecule has 0 aromatic heterocycles. The van der Waals surface area contributed by atoms with Gasteiger partial charge in [0.05, 0.1) is 4.92 Å². The quantitative estimate of drug-likeness (QED) is 0.657. The molecule has 0 aliphatic heterocycles. The lowest BCUT2D eigenvalue weighted by molar-refractivity contribution is -0.384. The Kier molecular flexibility index (Phi) is 4.87. The number of non-ortho nitro benzene ring substituents is 1. The first kappa shape index (κ1) is 15.4. The molecule has 0 unspecified atom stereocenters. The summed E-state index contributed by atoms with van der Waals surface area (Å²) in [4.78, 5) is 10.2. The first-order valence-electron chi connectivity index (χ1n) is 6.05. The van der Waals surface area contributed by atoms with E-state index in [1.54, 1.807) is 6.07 Å². The van der Waals surface area contributed by atoms with E-state index in [0.29, 0.717) is 15.8 Å². The van der Waals surface area contributed by atoms with Gasteiger partial charge in [0.25, 0.3) is 5.69 Å². The third kappa shape index (κ3) is 3.77. The highest BCUT2D eigenvalue weighted by Crippen LogP contribution is 2.26. The van der Waals surface area contributed by atoms with Crippen LogP contribution in [0, 0.1) is 15.9 Å². The SMILES string of the molecule is NCc1cc([N+](=O)[O-])ccc1OCc1ccc(F)cc1Br. The highest BCUT2D eigenvalue weighted by Gasteiger charge is 2.11. The van der Waals surface area contributed by atoms with Crippen molar-refractivity contribution in [1.29, 1.82) is 0 Å². The minimum absolute atomic E-state index is 0.0363. The summed E-state index contributed by atoms with van der Waals surface area (Å²) in [6.07, 6.45) is 0. The molecular weight excluding hydrogens is 343 g/mol. The van der Waals surface area contributed by atoms with E-state index >= 15 is 0 Å². The standard InChI is InChI=1S/C14H12BrFN2O3/c15-13-6-11(16)2-1-9(13)8-21-14-4-3-12(18(19)20)5-10(14)7-17/h1-6H,7-8,17H2. The van der Waals surface area contributed by atoms with Gasteiger partial charge >= 0.3 is 0 Å². The van der Waals surface area contributed by atoms with Crippen LogP contribution in [0.4, 0.5) is 10.1 Å². The average Bonchev–Trinajstić information content (AvgIpc) is 2.46. The molecule has 110 valence electrons. The largest absolute Gasteiger partial charge is 0.489 e. The number of nitrogens with zero attached hydrogens (tertiary/aromatic N) is 1. The first-order chi connectivity index (χ1) is 10.0. The number of halogens is 2. The van der Waals surface area contributed by atoms with Gasteiger partial charge in [-0.3, -0.25) is 10.1 Å². The molecule has 0 saturated heterocycles. The van der Waals surface area contributed by atoms with Crippen molar-refractivity contribution in [3.63, 3.8) is 0 Å². The number of hydrogen-bond acceptors (Lipinski definition) is 4. The van der Waals surface area contributed by atoms with E-state index in [2.05, 4.69) is 15.9 Å². The molecule has 0 heterocycles. The molecule has 5 nitrogen and oxygen atoms in total. The summed E-state index contributed by atoms with van der Waals surface area (Å²) in [6, 6.07) is 8.54. The number of nitro benzene ring substituents is 1. The maximum absolute atomic E-state index is 13.0. The van der Waals surface area contributed by atoms with Crippen molar-refractivity contribution in [1.82, 2.24) is 0 Å². The number of rotatable bonds is 5. The van der Waals surface area contributed by atoms with Crippen molar-refractivity contribution in [3.05, 3.63) is 67.9 Å². The first-order valence-corrected chi connectivity index (χ1v) is 6.84. The molecule has 7 heteroatoms. The fraction of sp³-hybridized carbons (Fsp3) is 0.143. The van der Waals surface area contributed by atoms with Gasteiger partial charge in [0.2, 0.25) is 0 Å². The van der Waals surface area contributed by atoms with Crippen LogP contribution in [0.15, 0.2) is 40.9 Å². The van der Waals surface area contributed by atoms with E-state index in [-0.39, 0.29) is 24.7 Å². The second-order valence-electron chi connectivity index (χ2n) is 4.28. The van der Waals surface area contributed by atoms with Crippen molar-refractivity contribution in [2.75, 3.05) is 0 Å². The fourth-order valence-electron chi connectivity index (χ4n) is 1.77. The molecule has 0 saturated carbocycles. The van der Waals surface area contributed by atoms with Gasteiger partial charge in [-0.15, -0.1) is 0 Å². The van der Waals surface area contributed by atoms with Crippen LogP contribution in [-0.2, 0) is 13.2 Å². The molecule has 2 N–H and O–H groups in total. The molecule has 21 heavy (non-hydrogen) atoms. The van der Waals surface area contributed by atoms with Crippen molar-refractivity contribution >= 4 is 21.6 Å². The fourth-order valence-corrected chi connectivity index (χ4v) is 2.24. The van der Waals surface area contributed by atoms with Crippen LogP contribution in [-0.4, -0.2) is 4.92 Å². The van der Waals surface area contributed by atoms with E-state index in [0.717, 1.165) is 5.56 Å². The van der Waals surface area contributed by atoms with Gasteiger partial charge in [0, 0.05) is 34.3 Å². The van der Waals surface area contributed by atoms with Gasteiger partial charge in [0.1, 0.15) is 18.2 Å². The topological polar surface area (TPSA) is 78.4 Å². The van der Waals surface area contributed by atoms with Crippen LogP contribution in [0.1, 0.15) is 11.1 Å². The van der Waals surface area contributed by atoms with Crippen LogP contribution in [0.3, 0.4) is 0 Å². The summed E-state index contributed by atoms with van der Waals surface area (Å²) in [6.45, 7) is 0.327. The Bertz CT molecular complexity index is 679. The summed E-state index contributed by atoms with van der Waals surface area (Å²) in [5.41, 5.74) is 6.85. The number of benzene rings is 2. The van der Waals surface area contributed by atoms with Gasteiger partial charge in [-0.1, -0.05) is 22.0 Å². The van der Waals surface area contributed by atoms with Crippen molar-refractivity contribution in [2.24, 2.45) is 5.73 Å². The van der Waals surface area contributed by atoms with Crippen LogP contribution >= 0.6 is 15.9 Å². The Morgan fingerprint density at radius 1 is 1.24 bits per heavy atom. The molecule has 2 rings (SSSR count). The van der Waals surface area contributed by atoms with E-state index in [9.17, 15) is 14.5 Å². The van der Waals surface area contributed by atoms with E-state index in [4.69, 9.17) is 10.5 Å². The normalized spacial score (nSPS) is 10.4. The van der Waals surface area contributed by atoms with Gasteiger partial charge in [-0.25, -0.2) is 4.39 Å². The van der Waals surface area contributed by atoms with Gasteiger partial charge < -0.3 is 10.5 Å². The zero-order valence-electron chi connectivity index (χ0n) is 10.9. The van der Waals surface area contributed by atoms with E-state index < -0.39 is 4.92 Å². The number of ether oxygens (including phenoxy) is 1. The lowest BCUT2D eigenvalue weighted by atomic mass is 10.1. The third-order valence-electron chi connectivity index (χ3n) is 2.87. The van der Waals surface area contributed by atoms with Gasteiger partial charge in [-0.2, -0.15) is 0 Å². The summed E-state index contributed by atoms with van der Waals surface area (Å²) in [7, 11) is 0.